The molecular weight excluding hydrogens is 174 g/mol. The van der Waals surface area contributed by atoms with Gasteiger partial charge in [-0.2, -0.15) is 0 Å². The van der Waals surface area contributed by atoms with Gasteiger partial charge in [-0.05, 0) is 0 Å². The first kappa shape index (κ1) is 10.6. The molecule has 0 aliphatic carbocycles. The Hall–Kier alpha value is -0.350. The van der Waals surface area contributed by atoms with Crippen molar-refractivity contribution in [3.63, 3.8) is 0 Å². The Balaban J connectivity index is 0. The normalized spacial score (nSPS) is 7.12. The van der Waals surface area contributed by atoms with Crippen molar-refractivity contribution in [2.75, 3.05) is 6.54 Å². The van der Waals surface area contributed by atoms with Crippen LogP contribution < -0.4 is 22.7 Å². The van der Waals surface area contributed by atoms with E-state index in [1.54, 1.807) is 0 Å². The van der Waals surface area contributed by atoms with E-state index in [4.69, 9.17) is 5.11 Å². The summed E-state index contributed by atoms with van der Waals surface area (Å²) in [6.45, 7) is 3.48. The number of hydrogen-bond donors (Lipinski definition) is 2. The zero-order chi connectivity index (χ0) is 5.86. The first-order valence-corrected chi connectivity index (χ1v) is 1.88. The fraction of sp³-hybridized carbons (Fsp3) is 0.250. The van der Waals surface area contributed by atoms with Crippen LogP contribution >= 0.6 is 0 Å². The van der Waals surface area contributed by atoms with E-state index in [9.17, 15) is 4.79 Å². The van der Waals surface area contributed by atoms with E-state index in [-0.39, 0.29) is 29.1 Å². The molecule has 4 N–H and O–H groups in total. The quantitative estimate of drug-likeness (QED) is 0.426. The lowest BCUT2D eigenvalue weighted by molar-refractivity contribution is -0.355. The summed E-state index contributed by atoms with van der Waals surface area (Å²) in [7, 11) is 0. The minimum Gasteiger partial charge on any atom is -1.00 e. The van der Waals surface area contributed by atoms with Crippen LogP contribution in [0.3, 0.4) is 0 Å². The Bertz CT molecular complexity index is 102. The van der Waals surface area contributed by atoms with Crippen LogP contribution in [-0.4, -0.2) is 17.6 Å². The van der Waals surface area contributed by atoms with E-state index in [1.807, 2.05) is 0 Å². The Morgan fingerprint density at radius 3 is 2.12 bits per heavy atom. The molecule has 48 valence electrons. The Kier molecular flexibility index (Phi) is 6.36. The lowest BCUT2D eigenvalue weighted by atomic mass is 10.3. The summed E-state index contributed by atoms with van der Waals surface area (Å²) in [6.07, 6.45) is 0. The summed E-state index contributed by atoms with van der Waals surface area (Å²) in [5, 5.41) is 8.04. The molecule has 0 aromatic heterocycles. The second-order valence-electron chi connectivity index (χ2n) is 1.16. The van der Waals surface area contributed by atoms with Gasteiger partial charge in [0.15, 0.2) is 0 Å². The van der Waals surface area contributed by atoms with Crippen LogP contribution in [0.15, 0.2) is 12.2 Å². The highest BCUT2D eigenvalue weighted by Crippen LogP contribution is 1.79. The van der Waals surface area contributed by atoms with E-state index in [0.29, 0.717) is 0 Å². The molecule has 0 unspecified atom stereocenters. The van der Waals surface area contributed by atoms with Gasteiger partial charge >= 0.3 is 5.97 Å². The maximum Gasteiger partial charge on any atom is 0.336 e. The molecule has 0 rings (SSSR count). The number of rotatable bonds is 2. The van der Waals surface area contributed by atoms with Gasteiger partial charge in [0.05, 0.1) is 5.57 Å². The second kappa shape index (κ2) is 4.80. The van der Waals surface area contributed by atoms with Crippen molar-refractivity contribution in [2.45, 2.75) is 0 Å². The predicted molar refractivity (Wildman–Crippen MR) is 24.5 cm³/mol. The fourth-order valence-corrected chi connectivity index (χ4v) is 0.107. The summed E-state index contributed by atoms with van der Waals surface area (Å²) in [6, 6.07) is 0. The molecule has 0 saturated carbocycles. The van der Waals surface area contributed by atoms with Crippen molar-refractivity contribution in [3.05, 3.63) is 12.2 Å². The van der Waals surface area contributed by atoms with Crippen LogP contribution in [0, 0.1) is 0 Å². The van der Waals surface area contributed by atoms with Gasteiger partial charge in [-0.1, -0.05) is 6.58 Å². The van der Waals surface area contributed by atoms with Crippen LogP contribution in [0.5, 0.6) is 0 Å². The molecule has 0 aromatic carbocycles. The number of carboxylic acid groups (broad SMARTS) is 1. The van der Waals surface area contributed by atoms with Crippen molar-refractivity contribution in [3.8, 4) is 0 Å². The van der Waals surface area contributed by atoms with Gasteiger partial charge < -0.3 is 27.8 Å². The predicted octanol–water partition coefficient (Wildman–Crippen LogP) is -4.13. The van der Waals surface area contributed by atoms with Gasteiger partial charge in [0.2, 0.25) is 0 Å². The zero-order valence-electron chi connectivity index (χ0n) is 4.35. The number of carbonyl (C=O) groups is 1. The molecule has 0 amide bonds. The highest BCUT2D eigenvalue weighted by Gasteiger charge is 1.99. The van der Waals surface area contributed by atoms with Gasteiger partial charge in [-0.3, -0.25) is 0 Å². The third-order valence-corrected chi connectivity index (χ3v) is 0.604. The summed E-state index contributed by atoms with van der Waals surface area (Å²) in [5.74, 6) is -0.963. The van der Waals surface area contributed by atoms with Gasteiger partial charge in [0.25, 0.3) is 0 Å². The van der Waals surface area contributed by atoms with Gasteiger partial charge in [-0.25, -0.2) is 4.79 Å². The van der Waals surface area contributed by atoms with E-state index >= 15 is 0 Å². The molecule has 0 fully saturated rings. The van der Waals surface area contributed by atoms with Crippen LogP contribution in [0.25, 0.3) is 0 Å². The molecular formula is C4H8BrNO2. The van der Waals surface area contributed by atoms with Crippen LogP contribution in [0.1, 0.15) is 0 Å². The van der Waals surface area contributed by atoms with E-state index in [2.05, 4.69) is 12.3 Å². The first-order chi connectivity index (χ1) is 3.18. The van der Waals surface area contributed by atoms with E-state index in [0.717, 1.165) is 0 Å². The third-order valence-electron chi connectivity index (χ3n) is 0.604. The molecule has 0 saturated heterocycles. The molecule has 0 aliphatic heterocycles. The molecule has 0 aliphatic rings. The van der Waals surface area contributed by atoms with E-state index in [1.165, 1.54) is 0 Å². The lowest BCUT2D eigenvalue weighted by Gasteiger charge is -1.85. The average Bonchev–Trinajstić information content (AvgIpc) is 1.65. The maximum atomic E-state index is 9.79. The Labute approximate surface area is 58.0 Å². The zero-order valence-corrected chi connectivity index (χ0v) is 5.94. The lowest BCUT2D eigenvalue weighted by Crippen LogP contribution is -3.00. The monoisotopic (exact) mass is 181 g/mol. The number of aliphatic carboxylic acids is 1. The number of carboxylic acids is 1. The molecule has 0 aromatic rings. The highest BCUT2D eigenvalue weighted by atomic mass is 79.9. The highest BCUT2D eigenvalue weighted by molar-refractivity contribution is 5.85. The summed E-state index contributed by atoms with van der Waals surface area (Å²) >= 11 is 0. The fourth-order valence-electron chi connectivity index (χ4n) is 0.107. The Morgan fingerprint density at radius 2 is 2.12 bits per heavy atom. The Morgan fingerprint density at radius 1 is 1.75 bits per heavy atom. The smallest absolute Gasteiger partial charge is 0.336 e. The molecule has 0 bridgehead atoms. The van der Waals surface area contributed by atoms with Gasteiger partial charge in [-0.15, -0.1) is 0 Å². The summed E-state index contributed by atoms with van der Waals surface area (Å²) in [4.78, 5) is 9.79. The van der Waals surface area contributed by atoms with Crippen LogP contribution in [-0.2, 0) is 4.79 Å². The molecule has 0 radical (unpaired) electrons. The topological polar surface area (TPSA) is 64.9 Å². The van der Waals surface area contributed by atoms with Crippen LogP contribution in [0.4, 0.5) is 0 Å². The minimum atomic E-state index is -0.963. The molecule has 0 heterocycles. The first-order valence-electron chi connectivity index (χ1n) is 1.88. The van der Waals surface area contributed by atoms with Crippen molar-refractivity contribution in [1.82, 2.24) is 0 Å². The van der Waals surface area contributed by atoms with Crippen molar-refractivity contribution >= 4 is 5.97 Å². The SMILES string of the molecule is C=C(C[NH3+])C(=O)O.[Br-]. The largest absolute Gasteiger partial charge is 1.00 e. The van der Waals surface area contributed by atoms with Gasteiger partial charge in [0, 0.05) is 0 Å². The van der Waals surface area contributed by atoms with Crippen LogP contribution in [0.2, 0.25) is 0 Å². The summed E-state index contributed by atoms with van der Waals surface area (Å²) < 4.78 is 0. The number of quaternary nitrogens is 1. The summed E-state index contributed by atoms with van der Waals surface area (Å²) in [5.41, 5.74) is 3.48. The average molecular weight is 182 g/mol. The molecule has 4 heteroatoms. The van der Waals surface area contributed by atoms with Crippen molar-refractivity contribution in [1.29, 1.82) is 0 Å². The standard InChI is InChI=1S/C4H7NO2.BrH/c1-3(2-5)4(6)7;/h1-2,5H2,(H,6,7);1H. The number of halogens is 1. The van der Waals surface area contributed by atoms with Crippen molar-refractivity contribution in [2.24, 2.45) is 0 Å². The molecule has 0 atom stereocenters. The van der Waals surface area contributed by atoms with E-state index < -0.39 is 5.97 Å². The van der Waals surface area contributed by atoms with Crippen molar-refractivity contribution < 1.29 is 32.6 Å². The molecule has 3 nitrogen and oxygen atoms in total. The number of hydrogen-bond acceptors (Lipinski definition) is 1. The molecule has 0 spiro atoms. The molecule has 8 heavy (non-hydrogen) atoms. The minimum absolute atomic E-state index is 0. The van der Waals surface area contributed by atoms with Gasteiger partial charge in [0.1, 0.15) is 6.54 Å². The maximum absolute atomic E-state index is 9.79. The second-order valence-corrected chi connectivity index (χ2v) is 1.16. The third kappa shape index (κ3) is 3.83.